The standard InChI is InChI=1S/C18H32N2O2/c1-11(2)9-17(7,21)15-13(5)20-16(14(6)19-15)18(8,22)10-12(3)4/h11-12,21-22H,9-10H2,1-8H3. The van der Waals surface area contributed by atoms with E-state index in [0.717, 1.165) is 0 Å². The molecule has 0 aliphatic rings. The van der Waals surface area contributed by atoms with Crippen LogP contribution in [-0.2, 0) is 11.2 Å². The average Bonchev–Trinajstić information content (AvgIpc) is 2.27. The second kappa shape index (κ2) is 6.63. The number of aryl methyl sites for hydroxylation is 2. The minimum atomic E-state index is -1.00. The zero-order valence-corrected chi connectivity index (χ0v) is 15.4. The molecule has 0 spiro atoms. The lowest BCUT2D eigenvalue weighted by Crippen LogP contribution is -2.31. The SMILES string of the molecule is Cc1nc(C(C)(O)CC(C)C)c(C)nc1C(C)(O)CC(C)C. The van der Waals surface area contributed by atoms with Gasteiger partial charge in [-0.3, -0.25) is 9.97 Å². The maximum atomic E-state index is 10.7. The molecule has 1 aromatic heterocycles. The van der Waals surface area contributed by atoms with Crippen molar-refractivity contribution in [3.8, 4) is 0 Å². The van der Waals surface area contributed by atoms with Crippen LogP contribution in [0.2, 0.25) is 0 Å². The van der Waals surface area contributed by atoms with Gasteiger partial charge in [0.15, 0.2) is 0 Å². The highest BCUT2D eigenvalue weighted by Crippen LogP contribution is 2.33. The fourth-order valence-electron chi connectivity index (χ4n) is 3.41. The fourth-order valence-corrected chi connectivity index (χ4v) is 3.41. The Labute approximate surface area is 135 Å². The van der Waals surface area contributed by atoms with Crippen molar-refractivity contribution in [2.45, 2.75) is 79.4 Å². The van der Waals surface area contributed by atoms with Crippen LogP contribution in [0.5, 0.6) is 0 Å². The first-order valence-electron chi connectivity index (χ1n) is 8.17. The third kappa shape index (κ3) is 4.50. The zero-order chi connectivity index (χ0) is 17.3. The lowest BCUT2D eigenvalue weighted by molar-refractivity contribution is 0.0224. The Kier molecular flexibility index (Phi) is 5.74. The Hall–Kier alpha value is -1.00. The van der Waals surface area contributed by atoms with E-state index < -0.39 is 11.2 Å². The second-order valence-electron chi connectivity index (χ2n) is 7.84. The Bertz CT molecular complexity index is 472. The van der Waals surface area contributed by atoms with Crippen molar-refractivity contribution in [1.29, 1.82) is 0 Å². The van der Waals surface area contributed by atoms with Gasteiger partial charge in [0.25, 0.3) is 0 Å². The molecule has 0 amide bonds. The van der Waals surface area contributed by atoms with E-state index in [1.807, 2.05) is 13.8 Å². The fraction of sp³-hybridized carbons (Fsp3) is 0.778. The highest BCUT2D eigenvalue weighted by atomic mass is 16.3. The van der Waals surface area contributed by atoms with E-state index >= 15 is 0 Å². The largest absolute Gasteiger partial charge is 0.384 e. The molecule has 0 radical (unpaired) electrons. The summed E-state index contributed by atoms with van der Waals surface area (Å²) in [5, 5.41) is 21.5. The lowest BCUT2D eigenvalue weighted by atomic mass is 9.87. The molecule has 1 heterocycles. The summed E-state index contributed by atoms with van der Waals surface area (Å²) in [6.45, 7) is 15.6. The molecule has 126 valence electrons. The Morgan fingerprint density at radius 3 is 1.27 bits per heavy atom. The molecular formula is C18H32N2O2. The van der Waals surface area contributed by atoms with E-state index in [9.17, 15) is 10.2 Å². The number of aromatic nitrogens is 2. The summed E-state index contributed by atoms with van der Waals surface area (Å²) in [6.07, 6.45) is 1.26. The normalized spacial score (nSPS) is 17.6. The molecule has 0 aromatic carbocycles. The maximum Gasteiger partial charge on any atom is 0.106 e. The van der Waals surface area contributed by atoms with Crippen molar-refractivity contribution < 1.29 is 10.2 Å². The van der Waals surface area contributed by atoms with Crippen LogP contribution in [0, 0.1) is 25.7 Å². The summed E-state index contributed by atoms with van der Waals surface area (Å²) >= 11 is 0. The van der Waals surface area contributed by atoms with Gasteiger partial charge in [-0.25, -0.2) is 0 Å². The van der Waals surface area contributed by atoms with Gasteiger partial charge in [-0.15, -0.1) is 0 Å². The summed E-state index contributed by atoms with van der Waals surface area (Å²) in [4.78, 5) is 9.20. The van der Waals surface area contributed by atoms with Gasteiger partial charge in [-0.1, -0.05) is 27.7 Å². The van der Waals surface area contributed by atoms with Crippen LogP contribution < -0.4 is 0 Å². The summed E-state index contributed by atoms with van der Waals surface area (Å²) in [5.41, 5.74) is 0.604. The van der Waals surface area contributed by atoms with Gasteiger partial charge < -0.3 is 10.2 Å². The summed E-state index contributed by atoms with van der Waals surface area (Å²) in [6, 6.07) is 0. The summed E-state index contributed by atoms with van der Waals surface area (Å²) in [5.74, 6) is 0.723. The third-order valence-electron chi connectivity index (χ3n) is 3.88. The zero-order valence-electron chi connectivity index (χ0n) is 15.4. The third-order valence-corrected chi connectivity index (χ3v) is 3.88. The van der Waals surface area contributed by atoms with E-state index in [0.29, 0.717) is 47.5 Å². The first-order valence-corrected chi connectivity index (χ1v) is 8.17. The molecule has 0 saturated heterocycles. The number of nitrogens with zero attached hydrogens (tertiary/aromatic N) is 2. The van der Waals surface area contributed by atoms with Crippen LogP contribution in [0.15, 0.2) is 0 Å². The molecule has 1 rings (SSSR count). The van der Waals surface area contributed by atoms with E-state index in [-0.39, 0.29) is 0 Å². The smallest absolute Gasteiger partial charge is 0.106 e. The highest BCUT2D eigenvalue weighted by Gasteiger charge is 2.33. The number of rotatable bonds is 6. The molecule has 22 heavy (non-hydrogen) atoms. The van der Waals surface area contributed by atoms with E-state index in [2.05, 4.69) is 37.7 Å². The van der Waals surface area contributed by atoms with E-state index in [1.54, 1.807) is 13.8 Å². The lowest BCUT2D eigenvalue weighted by Gasteiger charge is -2.30. The van der Waals surface area contributed by atoms with Crippen LogP contribution in [0.25, 0.3) is 0 Å². The first-order chi connectivity index (χ1) is 9.86. The molecule has 2 unspecified atom stereocenters. The predicted molar refractivity (Wildman–Crippen MR) is 89.6 cm³/mol. The Morgan fingerprint density at radius 2 is 1.05 bits per heavy atom. The van der Waals surface area contributed by atoms with Gasteiger partial charge >= 0.3 is 0 Å². The molecule has 0 bridgehead atoms. The molecule has 0 aliphatic carbocycles. The second-order valence-corrected chi connectivity index (χ2v) is 7.84. The topological polar surface area (TPSA) is 66.2 Å². The molecule has 0 fully saturated rings. The molecule has 0 saturated carbocycles. The monoisotopic (exact) mass is 308 g/mol. The quantitative estimate of drug-likeness (QED) is 0.842. The van der Waals surface area contributed by atoms with Crippen LogP contribution in [0.1, 0.15) is 77.2 Å². The Balaban J connectivity index is 3.28. The van der Waals surface area contributed by atoms with Crippen molar-refractivity contribution in [3.63, 3.8) is 0 Å². The van der Waals surface area contributed by atoms with Crippen molar-refractivity contribution in [2.24, 2.45) is 11.8 Å². The Morgan fingerprint density at radius 1 is 0.773 bits per heavy atom. The minimum absolute atomic E-state index is 0.361. The van der Waals surface area contributed by atoms with Crippen LogP contribution in [0.3, 0.4) is 0 Å². The number of aliphatic hydroxyl groups is 2. The maximum absolute atomic E-state index is 10.7. The first kappa shape index (κ1) is 19.0. The molecule has 4 heteroatoms. The van der Waals surface area contributed by atoms with Gasteiger partial charge in [0.05, 0.1) is 22.8 Å². The van der Waals surface area contributed by atoms with Crippen LogP contribution >= 0.6 is 0 Å². The van der Waals surface area contributed by atoms with E-state index in [1.165, 1.54) is 0 Å². The molecule has 4 nitrogen and oxygen atoms in total. The number of hydrogen-bond donors (Lipinski definition) is 2. The van der Waals surface area contributed by atoms with E-state index in [4.69, 9.17) is 0 Å². The van der Waals surface area contributed by atoms with Gasteiger partial charge in [-0.05, 0) is 52.4 Å². The van der Waals surface area contributed by atoms with Gasteiger partial charge in [0.1, 0.15) is 11.2 Å². The van der Waals surface area contributed by atoms with Gasteiger partial charge in [0, 0.05) is 0 Å². The summed E-state index contributed by atoms with van der Waals surface area (Å²) < 4.78 is 0. The average molecular weight is 308 g/mol. The van der Waals surface area contributed by atoms with Crippen molar-refractivity contribution in [2.75, 3.05) is 0 Å². The minimum Gasteiger partial charge on any atom is -0.384 e. The highest BCUT2D eigenvalue weighted by molar-refractivity contribution is 5.26. The molecule has 0 aliphatic heterocycles. The molecule has 2 N–H and O–H groups in total. The van der Waals surface area contributed by atoms with Crippen LogP contribution in [-0.4, -0.2) is 20.2 Å². The van der Waals surface area contributed by atoms with Gasteiger partial charge in [0.2, 0.25) is 0 Å². The molecular weight excluding hydrogens is 276 g/mol. The van der Waals surface area contributed by atoms with Crippen molar-refractivity contribution >= 4 is 0 Å². The van der Waals surface area contributed by atoms with Crippen molar-refractivity contribution in [1.82, 2.24) is 9.97 Å². The van der Waals surface area contributed by atoms with Crippen LogP contribution in [0.4, 0.5) is 0 Å². The van der Waals surface area contributed by atoms with Crippen molar-refractivity contribution in [3.05, 3.63) is 22.8 Å². The summed E-state index contributed by atoms with van der Waals surface area (Å²) in [7, 11) is 0. The molecule has 1 aromatic rings. The number of hydrogen-bond acceptors (Lipinski definition) is 4. The van der Waals surface area contributed by atoms with Gasteiger partial charge in [-0.2, -0.15) is 0 Å². The predicted octanol–water partition coefficient (Wildman–Crippen LogP) is 3.60. The molecule has 2 atom stereocenters.